The number of nitrogens with zero attached hydrogens (tertiary/aromatic N) is 1. The molecule has 1 unspecified atom stereocenters. The lowest BCUT2D eigenvalue weighted by Gasteiger charge is -2.38. The summed E-state index contributed by atoms with van der Waals surface area (Å²) >= 11 is 0. The van der Waals surface area contributed by atoms with Crippen LogP contribution in [-0.2, 0) is 9.59 Å². The van der Waals surface area contributed by atoms with E-state index >= 15 is 0 Å². The minimum absolute atomic E-state index is 0.152. The number of hydrogen-bond donors (Lipinski definition) is 3. The van der Waals surface area contributed by atoms with Gasteiger partial charge in [-0.3, -0.25) is 9.59 Å². The van der Waals surface area contributed by atoms with Crippen LogP contribution >= 0.6 is 0 Å². The molecule has 0 spiro atoms. The van der Waals surface area contributed by atoms with Crippen molar-refractivity contribution < 1.29 is 19.5 Å². The fraction of sp³-hybridized carbons (Fsp3) is 0.769. The zero-order valence-electron chi connectivity index (χ0n) is 11.4. The maximum absolute atomic E-state index is 12.0. The molecule has 1 aliphatic heterocycles. The fourth-order valence-electron chi connectivity index (χ4n) is 2.82. The first-order valence-electron chi connectivity index (χ1n) is 7.00. The number of nitrogens with two attached hydrogens (primary N) is 1. The van der Waals surface area contributed by atoms with Gasteiger partial charge < -0.3 is 21.1 Å². The van der Waals surface area contributed by atoms with Crippen LogP contribution in [0.3, 0.4) is 0 Å². The van der Waals surface area contributed by atoms with Crippen molar-refractivity contribution in [3.63, 3.8) is 0 Å². The Balaban J connectivity index is 1.85. The Morgan fingerprint density at radius 2 is 2.00 bits per heavy atom. The molecule has 7 nitrogen and oxygen atoms in total. The van der Waals surface area contributed by atoms with Crippen molar-refractivity contribution in [1.29, 1.82) is 0 Å². The van der Waals surface area contributed by atoms with E-state index in [2.05, 4.69) is 5.32 Å². The van der Waals surface area contributed by atoms with Crippen LogP contribution in [-0.4, -0.2) is 47.5 Å². The van der Waals surface area contributed by atoms with Crippen LogP contribution in [0.2, 0.25) is 0 Å². The standard InChI is InChI=1S/C13H21N3O4/c14-10(17)9-3-1-6-16(7-9)12(20)15-8-13(11(18)19)4-2-5-13/h9H,1-8H2,(H2,14,17)(H,15,20)(H,18,19). The van der Waals surface area contributed by atoms with Gasteiger partial charge in [0.15, 0.2) is 0 Å². The number of amides is 3. The van der Waals surface area contributed by atoms with Crippen LogP contribution in [0.1, 0.15) is 32.1 Å². The minimum atomic E-state index is -0.849. The normalized spacial score (nSPS) is 24.6. The van der Waals surface area contributed by atoms with Gasteiger partial charge >= 0.3 is 12.0 Å². The van der Waals surface area contributed by atoms with Crippen molar-refractivity contribution in [3.05, 3.63) is 0 Å². The first-order valence-corrected chi connectivity index (χ1v) is 7.00. The molecule has 0 radical (unpaired) electrons. The van der Waals surface area contributed by atoms with Gasteiger partial charge in [-0.25, -0.2) is 4.79 Å². The molecule has 112 valence electrons. The summed E-state index contributed by atoms with van der Waals surface area (Å²) in [7, 11) is 0. The van der Waals surface area contributed by atoms with Crippen LogP contribution in [0.25, 0.3) is 0 Å². The third kappa shape index (κ3) is 2.86. The van der Waals surface area contributed by atoms with Gasteiger partial charge in [0.05, 0.1) is 11.3 Å². The van der Waals surface area contributed by atoms with E-state index in [1.807, 2.05) is 0 Å². The van der Waals surface area contributed by atoms with Gasteiger partial charge in [0.2, 0.25) is 5.91 Å². The molecule has 7 heteroatoms. The van der Waals surface area contributed by atoms with Crippen LogP contribution in [0.4, 0.5) is 4.79 Å². The maximum atomic E-state index is 12.0. The molecule has 4 N–H and O–H groups in total. The van der Waals surface area contributed by atoms with Crippen LogP contribution in [0.5, 0.6) is 0 Å². The number of piperidine rings is 1. The number of aliphatic carboxylic acids is 1. The number of carbonyl (C=O) groups excluding carboxylic acids is 2. The number of carbonyl (C=O) groups is 3. The quantitative estimate of drug-likeness (QED) is 0.681. The molecule has 0 aromatic heterocycles. The lowest BCUT2D eigenvalue weighted by Crippen LogP contribution is -2.53. The molecule has 0 aromatic rings. The summed E-state index contributed by atoms with van der Waals surface area (Å²) in [6.07, 6.45) is 3.54. The Morgan fingerprint density at radius 1 is 1.30 bits per heavy atom. The molecule has 2 aliphatic rings. The molecule has 0 aromatic carbocycles. The molecule has 3 amide bonds. The van der Waals surface area contributed by atoms with Crippen LogP contribution in [0, 0.1) is 11.3 Å². The summed E-state index contributed by atoms with van der Waals surface area (Å²) in [6.45, 7) is 1.05. The van der Waals surface area contributed by atoms with E-state index in [0.717, 1.165) is 12.8 Å². The lowest BCUT2D eigenvalue weighted by atomic mass is 9.69. The highest BCUT2D eigenvalue weighted by atomic mass is 16.4. The van der Waals surface area contributed by atoms with Gasteiger partial charge in [-0.2, -0.15) is 0 Å². The Morgan fingerprint density at radius 3 is 2.50 bits per heavy atom. The Hall–Kier alpha value is -1.79. The average molecular weight is 283 g/mol. The second-order valence-corrected chi connectivity index (χ2v) is 5.79. The SMILES string of the molecule is NC(=O)C1CCCN(C(=O)NCC2(C(=O)O)CCC2)C1. The molecule has 1 saturated heterocycles. The van der Waals surface area contributed by atoms with Crippen molar-refractivity contribution in [2.75, 3.05) is 19.6 Å². The third-order valence-corrected chi connectivity index (χ3v) is 4.45. The van der Waals surface area contributed by atoms with Gasteiger partial charge in [-0.1, -0.05) is 6.42 Å². The molecule has 1 aliphatic carbocycles. The van der Waals surface area contributed by atoms with E-state index < -0.39 is 11.4 Å². The largest absolute Gasteiger partial charge is 0.481 e. The van der Waals surface area contributed by atoms with Gasteiger partial charge in [0.25, 0.3) is 0 Å². The minimum Gasteiger partial charge on any atom is -0.481 e. The highest BCUT2D eigenvalue weighted by Crippen LogP contribution is 2.40. The molecule has 1 atom stereocenters. The zero-order chi connectivity index (χ0) is 14.8. The highest BCUT2D eigenvalue weighted by Gasteiger charge is 2.44. The second-order valence-electron chi connectivity index (χ2n) is 5.79. The number of urea groups is 1. The Bertz CT molecular complexity index is 420. The van der Waals surface area contributed by atoms with E-state index in [-0.39, 0.29) is 24.4 Å². The smallest absolute Gasteiger partial charge is 0.317 e. The van der Waals surface area contributed by atoms with E-state index in [1.165, 1.54) is 0 Å². The number of rotatable bonds is 4. The Kier molecular flexibility index (Phi) is 4.15. The van der Waals surface area contributed by atoms with Crippen molar-refractivity contribution in [1.82, 2.24) is 10.2 Å². The Labute approximate surface area is 117 Å². The van der Waals surface area contributed by atoms with E-state index in [9.17, 15) is 19.5 Å². The van der Waals surface area contributed by atoms with Crippen LogP contribution < -0.4 is 11.1 Å². The molecular weight excluding hydrogens is 262 g/mol. The molecule has 1 heterocycles. The van der Waals surface area contributed by atoms with Crippen LogP contribution in [0.15, 0.2) is 0 Å². The average Bonchev–Trinajstić information content (AvgIpc) is 2.37. The number of likely N-dealkylation sites (tertiary alicyclic amines) is 1. The second kappa shape index (κ2) is 5.68. The monoisotopic (exact) mass is 283 g/mol. The number of hydrogen-bond acceptors (Lipinski definition) is 3. The summed E-state index contributed by atoms with van der Waals surface area (Å²) in [4.78, 5) is 36.0. The van der Waals surface area contributed by atoms with Crippen molar-refractivity contribution >= 4 is 17.9 Å². The maximum Gasteiger partial charge on any atom is 0.317 e. The van der Waals surface area contributed by atoms with Gasteiger partial charge in [-0.05, 0) is 25.7 Å². The van der Waals surface area contributed by atoms with Crippen molar-refractivity contribution in [2.24, 2.45) is 17.1 Å². The molecular formula is C13H21N3O4. The highest BCUT2D eigenvalue weighted by molar-refractivity contribution is 5.80. The van der Waals surface area contributed by atoms with E-state index in [1.54, 1.807) is 4.90 Å². The third-order valence-electron chi connectivity index (χ3n) is 4.45. The summed E-state index contributed by atoms with van der Waals surface area (Å²) in [5, 5.41) is 11.9. The number of nitrogens with one attached hydrogen (secondary N) is 1. The van der Waals surface area contributed by atoms with Gasteiger partial charge in [-0.15, -0.1) is 0 Å². The van der Waals surface area contributed by atoms with E-state index in [4.69, 9.17) is 5.73 Å². The van der Waals surface area contributed by atoms with Gasteiger partial charge in [0, 0.05) is 19.6 Å². The first kappa shape index (κ1) is 14.6. The summed E-state index contributed by atoms with van der Waals surface area (Å²) in [6, 6.07) is -0.302. The molecule has 20 heavy (non-hydrogen) atoms. The summed E-state index contributed by atoms with van der Waals surface area (Å²) in [5.74, 6) is -1.53. The predicted molar refractivity (Wildman–Crippen MR) is 70.8 cm³/mol. The number of carboxylic acids is 1. The summed E-state index contributed by atoms with van der Waals surface area (Å²) in [5.41, 5.74) is 4.47. The number of carboxylic acid groups (broad SMARTS) is 1. The number of primary amides is 1. The predicted octanol–water partition coefficient (Wildman–Crippen LogP) is 0.148. The fourth-order valence-corrected chi connectivity index (χ4v) is 2.82. The molecule has 2 fully saturated rings. The van der Waals surface area contributed by atoms with Gasteiger partial charge in [0.1, 0.15) is 0 Å². The van der Waals surface area contributed by atoms with Crippen molar-refractivity contribution in [2.45, 2.75) is 32.1 Å². The van der Waals surface area contributed by atoms with Crippen molar-refractivity contribution in [3.8, 4) is 0 Å². The zero-order valence-corrected chi connectivity index (χ0v) is 11.4. The lowest BCUT2D eigenvalue weighted by molar-refractivity contribution is -0.153. The molecule has 1 saturated carbocycles. The topological polar surface area (TPSA) is 113 Å². The molecule has 2 rings (SSSR count). The van der Waals surface area contributed by atoms with E-state index in [0.29, 0.717) is 32.4 Å². The summed E-state index contributed by atoms with van der Waals surface area (Å²) < 4.78 is 0. The first-order chi connectivity index (χ1) is 9.44. The molecule has 0 bridgehead atoms.